The lowest BCUT2D eigenvalue weighted by atomic mass is 9.84. The summed E-state index contributed by atoms with van der Waals surface area (Å²) in [5.41, 5.74) is 0.808. The lowest BCUT2D eigenvalue weighted by Gasteiger charge is -2.40. The average Bonchev–Trinajstić information content (AvgIpc) is 3.90. The number of alkyl carbamates (subject to hydrolysis) is 1. The summed E-state index contributed by atoms with van der Waals surface area (Å²) < 4.78 is 27.0. The molecule has 0 aliphatic carbocycles. The van der Waals surface area contributed by atoms with E-state index in [1.54, 1.807) is 30.8 Å². The molecule has 2 rings (SSSR count). The Morgan fingerprint density at radius 1 is 0.782 bits per heavy atom. The molecule has 2 unspecified atom stereocenters. The molecule has 1 aromatic carbocycles. The summed E-state index contributed by atoms with van der Waals surface area (Å²) in [6, 6.07) is 5.26. The van der Waals surface area contributed by atoms with Gasteiger partial charge in [0.15, 0.2) is 6.29 Å². The minimum atomic E-state index is -1.00. The van der Waals surface area contributed by atoms with Crippen molar-refractivity contribution in [1.29, 1.82) is 0 Å². The first-order valence-electron chi connectivity index (χ1n) is 27.8. The van der Waals surface area contributed by atoms with Crippen molar-refractivity contribution in [3.63, 3.8) is 0 Å². The number of hydrogen-bond acceptors (Lipinski definition) is 15. The Balaban J connectivity index is 2.03. The number of esters is 1. The summed E-state index contributed by atoms with van der Waals surface area (Å²) in [5.74, 6) is -3.87. The Morgan fingerprint density at radius 3 is 2.03 bits per heavy atom. The SMILES string of the molecule is CCC(CO)OC(COC(=O)NCCC(=O)N[C@@H](C)C(=O)OCCCNC(=O)[C@H](Cc1ccccc1)NC(=O)[C@H](C)[C@@H](OC)[C@@H]1CCCN1C(=O)C[C@@H](C)[C@H]([C@@H](C)CC)N(C)C(=O)[C@@H](NC(=O)[C@@H](NC)C(C)C)C(C)C)OC. The van der Waals surface area contributed by atoms with Gasteiger partial charge in [-0.3, -0.25) is 28.8 Å². The van der Waals surface area contributed by atoms with Gasteiger partial charge in [0.1, 0.15) is 24.7 Å². The summed E-state index contributed by atoms with van der Waals surface area (Å²) in [4.78, 5) is 111. The van der Waals surface area contributed by atoms with Crippen molar-refractivity contribution < 1.29 is 67.1 Å². The number of benzene rings is 1. The smallest absolute Gasteiger partial charge is 0.407 e. The predicted octanol–water partition coefficient (Wildman–Crippen LogP) is 3.07. The van der Waals surface area contributed by atoms with E-state index < -0.39 is 84.4 Å². The van der Waals surface area contributed by atoms with Crippen molar-refractivity contribution in [1.82, 2.24) is 41.7 Å². The van der Waals surface area contributed by atoms with E-state index in [9.17, 15) is 43.5 Å². The number of ether oxygens (including phenoxy) is 5. The van der Waals surface area contributed by atoms with Crippen LogP contribution in [0.4, 0.5) is 4.79 Å². The van der Waals surface area contributed by atoms with Crippen molar-refractivity contribution in [2.24, 2.45) is 29.6 Å². The Hall–Kier alpha value is -5.42. The van der Waals surface area contributed by atoms with Crippen LogP contribution in [0, 0.1) is 29.6 Å². The van der Waals surface area contributed by atoms with E-state index in [1.165, 1.54) is 21.1 Å². The van der Waals surface area contributed by atoms with Crippen LogP contribution in [0.1, 0.15) is 120 Å². The third-order valence-electron chi connectivity index (χ3n) is 14.5. The van der Waals surface area contributed by atoms with Gasteiger partial charge in [-0.25, -0.2) is 9.59 Å². The van der Waals surface area contributed by atoms with Crippen LogP contribution in [-0.4, -0.2) is 185 Å². The molecule has 7 amide bonds. The van der Waals surface area contributed by atoms with Gasteiger partial charge in [-0.1, -0.05) is 99.1 Å². The summed E-state index contributed by atoms with van der Waals surface area (Å²) in [6.45, 7) is 18.7. The average molecular weight is 1110 g/mol. The first kappa shape index (κ1) is 68.7. The van der Waals surface area contributed by atoms with Gasteiger partial charge in [0.2, 0.25) is 35.4 Å². The largest absolute Gasteiger partial charge is 0.464 e. The number of likely N-dealkylation sites (N-methyl/N-ethyl adjacent to an activating group) is 2. The molecular formula is C56H96N8O14. The number of aliphatic hydroxyl groups is 1. The molecular weight excluding hydrogens is 1010 g/mol. The topological polar surface area (TPSA) is 282 Å². The Labute approximate surface area is 463 Å². The molecule has 1 aliphatic rings. The van der Waals surface area contributed by atoms with Gasteiger partial charge in [-0.05, 0) is 68.9 Å². The highest BCUT2D eigenvalue weighted by atomic mass is 16.7. The second-order valence-corrected chi connectivity index (χ2v) is 21.2. The maximum Gasteiger partial charge on any atom is 0.407 e. The fourth-order valence-electron chi connectivity index (χ4n) is 9.81. The van der Waals surface area contributed by atoms with Crippen LogP contribution in [0.3, 0.4) is 0 Å². The van der Waals surface area contributed by atoms with Crippen LogP contribution in [0.5, 0.6) is 0 Å². The summed E-state index contributed by atoms with van der Waals surface area (Å²) in [6.07, 6.45) is 0.106. The first-order chi connectivity index (χ1) is 37.0. The van der Waals surface area contributed by atoms with Gasteiger partial charge >= 0.3 is 12.1 Å². The van der Waals surface area contributed by atoms with Crippen molar-refractivity contribution in [3.8, 4) is 0 Å². The molecule has 444 valence electrons. The zero-order valence-corrected chi connectivity index (χ0v) is 49.0. The van der Waals surface area contributed by atoms with Gasteiger partial charge in [0, 0.05) is 66.2 Å². The molecule has 1 fully saturated rings. The molecule has 7 N–H and O–H groups in total. The molecule has 1 aliphatic heterocycles. The maximum absolute atomic E-state index is 14.4. The van der Waals surface area contributed by atoms with Crippen LogP contribution < -0.4 is 31.9 Å². The lowest BCUT2D eigenvalue weighted by molar-refractivity contribution is -0.181. The molecule has 1 saturated heterocycles. The van der Waals surface area contributed by atoms with Crippen molar-refractivity contribution in [2.75, 3.05) is 67.8 Å². The number of rotatable bonds is 36. The molecule has 1 aromatic rings. The van der Waals surface area contributed by atoms with Crippen LogP contribution in [0.2, 0.25) is 0 Å². The highest BCUT2D eigenvalue weighted by molar-refractivity contribution is 5.91. The van der Waals surface area contributed by atoms with Crippen molar-refractivity contribution >= 4 is 47.5 Å². The molecule has 0 aromatic heterocycles. The molecule has 0 saturated carbocycles. The number of carbonyl (C=O) groups is 8. The molecule has 78 heavy (non-hydrogen) atoms. The number of nitrogens with zero attached hydrogens (tertiary/aromatic N) is 2. The Kier molecular flexibility index (Phi) is 31.7. The van der Waals surface area contributed by atoms with Gasteiger partial charge in [0.25, 0.3) is 0 Å². The molecule has 22 nitrogen and oxygen atoms in total. The minimum Gasteiger partial charge on any atom is -0.464 e. The van der Waals surface area contributed by atoms with Gasteiger partial charge < -0.3 is 70.5 Å². The zero-order valence-electron chi connectivity index (χ0n) is 49.0. The van der Waals surface area contributed by atoms with E-state index in [1.807, 2.05) is 71.9 Å². The number of aliphatic hydroxyl groups excluding tert-OH is 1. The number of likely N-dealkylation sites (tertiary alicyclic amines) is 1. The summed E-state index contributed by atoms with van der Waals surface area (Å²) in [5, 5.41) is 26.1. The zero-order chi connectivity index (χ0) is 58.6. The summed E-state index contributed by atoms with van der Waals surface area (Å²) >= 11 is 0. The van der Waals surface area contributed by atoms with Crippen LogP contribution in [0.15, 0.2) is 30.3 Å². The second-order valence-electron chi connectivity index (χ2n) is 21.2. The third-order valence-corrected chi connectivity index (χ3v) is 14.5. The third kappa shape index (κ3) is 22.4. The number of nitrogens with one attached hydrogen (secondary N) is 6. The minimum absolute atomic E-state index is 0.0105. The molecule has 1 heterocycles. The fourth-order valence-corrected chi connectivity index (χ4v) is 9.81. The normalized spacial score (nSPS) is 17.7. The van der Waals surface area contributed by atoms with Crippen LogP contribution in [0.25, 0.3) is 0 Å². The predicted molar refractivity (Wildman–Crippen MR) is 294 cm³/mol. The molecule has 22 heteroatoms. The van der Waals surface area contributed by atoms with Gasteiger partial charge in [-0.15, -0.1) is 0 Å². The number of hydrogen-bond donors (Lipinski definition) is 7. The lowest BCUT2D eigenvalue weighted by Crippen LogP contribution is -2.58. The number of amides is 7. The fraction of sp³-hybridized carbons (Fsp3) is 0.750. The van der Waals surface area contributed by atoms with Gasteiger partial charge in [0.05, 0.1) is 43.4 Å². The van der Waals surface area contributed by atoms with Crippen molar-refractivity contribution in [2.45, 2.75) is 175 Å². The van der Waals surface area contributed by atoms with E-state index in [2.05, 4.69) is 45.7 Å². The monoisotopic (exact) mass is 1100 g/mol. The standard InChI is InChI=1S/C56H96N8O14/c1-15-36(7)49(63(12)54(71)48(35(5)6)62-53(70)47(57-11)34(3)4)37(8)30-45(67)64-28-20-24-43(64)50(75-14)38(9)51(68)61-42(31-40-22-18-17-19-23-40)52(69)58-26-21-29-76-55(72)39(10)60-44(66)25-27-59-56(73)77-33-46(74-13)78-41(16-2)32-65/h17-19,22-23,34-39,41-43,46-50,57,65H,15-16,20-21,24-33H2,1-14H3,(H,58,69)(H,59,73)(H,60,66)(H,61,68)(H,62,70)/t36-,37+,38+,39-,41?,42-,43-,46?,47-,48-,49-,50+/m0/s1. The molecule has 12 atom stereocenters. The quantitative estimate of drug-likeness (QED) is 0.0289. The molecule has 0 spiro atoms. The van der Waals surface area contributed by atoms with E-state index in [0.717, 1.165) is 12.0 Å². The maximum atomic E-state index is 14.4. The Bertz CT molecular complexity index is 2010. The Morgan fingerprint density at radius 2 is 1.45 bits per heavy atom. The second kappa shape index (κ2) is 36.0. The first-order valence-corrected chi connectivity index (χ1v) is 27.8. The van der Waals surface area contributed by atoms with Gasteiger partial charge in [-0.2, -0.15) is 0 Å². The van der Waals surface area contributed by atoms with Crippen molar-refractivity contribution in [3.05, 3.63) is 35.9 Å². The number of methoxy groups -OCH3 is 2. The van der Waals surface area contributed by atoms with E-state index in [0.29, 0.717) is 25.8 Å². The van der Waals surface area contributed by atoms with E-state index in [-0.39, 0.29) is 106 Å². The molecule has 0 radical (unpaired) electrons. The van der Waals surface area contributed by atoms with E-state index in [4.69, 9.17) is 23.7 Å². The molecule has 0 bridgehead atoms. The summed E-state index contributed by atoms with van der Waals surface area (Å²) in [7, 11) is 6.36. The van der Waals surface area contributed by atoms with Crippen LogP contribution in [-0.2, 0) is 63.7 Å². The van der Waals surface area contributed by atoms with E-state index >= 15 is 0 Å². The number of carbonyl (C=O) groups excluding carboxylic acids is 8. The highest BCUT2D eigenvalue weighted by Crippen LogP contribution is 2.31. The highest BCUT2D eigenvalue weighted by Gasteiger charge is 2.42. The van der Waals surface area contributed by atoms with Crippen LogP contribution >= 0.6 is 0 Å².